The van der Waals surface area contributed by atoms with Gasteiger partial charge in [0.2, 0.25) is 0 Å². The maximum Gasteiger partial charge on any atom is 0.0377 e. The molecule has 0 amide bonds. The third-order valence-corrected chi connectivity index (χ3v) is 3.86. The van der Waals surface area contributed by atoms with Crippen LogP contribution in [0.25, 0.3) is 0 Å². The first-order chi connectivity index (χ1) is 7.43. The first kappa shape index (κ1) is 9.26. The standard InChI is InChI=1S/C14H19N/c1-2-9-13-11(5-1)6-3-10-14(13)15-12-7-4-8-12/h3,6,10,12,15H,1-2,4-5,7-9H2. The number of anilines is 1. The Bertz CT molecular complexity index is 352. The summed E-state index contributed by atoms with van der Waals surface area (Å²) >= 11 is 0. The maximum atomic E-state index is 3.71. The Hall–Kier alpha value is -0.980. The Morgan fingerprint density at radius 1 is 1.00 bits per heavy atom. The van der Waals surface area contributed by atoms with Crippen LogP contribution in [0.5, 0.6) is 0 Å². The molecule has 0 bridgehead atoms. The van der Waals surface area contributed by atoms with Crippen molar-refractivity contribution in [3.05, 3.63) is 29.3 Å². The molecule has 0 spiro atoms. The molecule has 0 heterocycles. The van der Waals surface area contributed by atoms with Gasteiger partial charge in [0.1, 0.15) is 0 Å². The molecule has 1 saturated carbocycles. The van der Waals surface area contributed by atoms with Crippen LogP contribution in [0.15, 0.2) is 18.2 Å². The van der Waals surface area contributed by atoms with Crippen LogP contribution in [0.4, 0.5) is 5.69 Å². The van der Waals surface area contributed by atoms with Gasteiger partial charge in [-0.1, -0.05) is 12.1 Å². The van der Waals surface area contributed by atoms with Crippen molar-refractivity contribution in [1.82, 2.24) is 0 Å². The van der Waals surface area contributed by atoms with Crippen molar-refractivity contribution >= 4 is 5.69 Å². The average Bonchev–Trinajstić information content (AvgIpc) is 2.23. The summed E-state index contributed by atoms with van der Waals surface area (Å²) in [4.78, 5) is 0. The first-order valence-electron chi connectivity index (χ1n) is 6.31. The molecular formula is C14H19N. The minimum absolute atomic E-state index is 0.762. The molecule has 0 aromatic heterocycles. The van der Waals surface area contributed by atoms with Crippen LogP contribution in [0.2, 0.25) is 0 Å². The van der Waals surface area contributed by atoms with E-state index < -0.39 is 0 Å². The van der Waals surface area contributed by atoms with E-state index in [0.717, 1.165) is 6.04 Å². The number of fused-ring (bicyclic) bond motifs is 1. The summed E-state index contributed by atoms with van der Waals surface area (Å²) in [5.74, 6) is 0. The Morgan fingerprint density at radius 3 is 2.67 bits per heavy atom. The molecule has 1 heteroatoms. The normalized spacial score (nSPS) is 20.5. The molecule has 0 atom stereocenters. The second-order valence-electron chi connectivity index (χ2n) is 4.92. The molecule has 2 aliphatic rings. The molecule has 1 fully saturated rings. The van der Waals surface area contributed by atoms with Crippen LogP contribution in [0.3, 0.4) is 0 Å². The summed E-state index contributed by atoms with van der Waals surface area (Å²) in [6.07, 6.45) is 9.46. The lowest BCUT2D eigenvalue weighted by molar-refractivity contribution is 0.445. The van der Waals surface area contributed by atoms with Gasteiger partial charge in [-0.25, -0.2) is 0 Å². The third kappa shape index (κ3) is 1.75. The van der Waals surface area contributed by atoms with Crippen molar-refractivity contribution in [2.24, 2.45) is 0 Å². The number of rotatable bonds is 2. The minimum atomic E-state index is 0.762. The van der Waals surface area contributed by atoms with Crippen molar-refractivity contribution in [2.75, 3.05) is 5.32 Å². The Balaban J connectivity index is 1.85. The summed E-state index contributed by atoms with van der Waals surface area (Å²) in [7, 11) is 0. The van der Waals surface area contributed by atoms with Gasteiger partial charge in [-0.15, -0.1) is 0 Å². The summed E-state index contributed by atoms with van der Waals surface area (Å²) < 4.78 is 0. The number of hydrogen-bond acceptors (Lipinski definition) is 1. The molecule has 3 rings (SSSR count). The third-order valence-electron chi connectivity index (χ3n) is 3.86. The Morgan fingerprint density at radius 2 is 1.87 bits per heavy atom. The highest BCUT2D eigenvalue weighted by Crippen LogP contribution is 2.31. The highest BCUT2D eigenvalue weighted by atomic mass is 14.9. The zero-order valence-electron chi connectivity index (χ0n) is 9.26. The molecule has 0 radical (unpaired) electrons. The fourth-order valence-corrected chi connectivity index (χ4v) is 2.69. The smallest absolute Gasteiger partial charge is 0.0377 e. The van der Waals surface area contributed by atoms with Crippen LogP contribution < -0.4 is 5.32 Å². The monoisotopic (exact) mass is 201 g/mol. The largest absolute Gasteiger partial charge is 0.382 e. The van der Waals surface area contributed by atoms with Crippen molar-refractivity contribution in [3.63, 3.8) is 0 Å². The van der Waals surface area contributed by atoms with Crippen LogP contribution >= 0.6 is 0 Å². The van der Waals surface area contributed by atoms with Crippen LogP contribution in [0.1, 0.15) is 43.2 Å². The van der Waals surface area contributed by atoms with E-state index in [-0.39, 0.29) is 0 Å². The zero-order chi connectivity index (χ0) is 10.1. The van der Waals surface area contributed by atoms with Gasteiger partial charge in [0.25, 0.3) is 0 Å². The van der Waals surface area contributed by atoms with E-state index >= 15 is 0 Å². The second kappa shape index (κ2) is 3.88. The van der Waals surface area contributed by atoms with Gasteiger partial charge in [0.15, 0.2) is 0 Å². The summed E-state index contributed by atoms with van der Waals surface area (Å²) in [6.45, 7) is 0. The average molecular weight is 201 g/mol. The van der Waals surface area contributed by atoms with E-state index in [0.29, 0.717) is 0 Å². The van der Waals surface area contributed by atoms with Crippen LogP contribution in [-0.2, 0) is 12.8 Å². The molecule has 1 aromatic rings. The van der Waals surface area contributed by atoms with Crippen molar-refractivity contribution < 1.29 is 0 Å². The van der Waals surface area contributed by atoms with Crippen molar-refractivity contribution in [2.45, 2.75) is 51.0 Å². The van der Waals surface area contributed by atoms with Gasteiger partial charge >= 0.3 is 0 Å². The van der Waals surface area contributed by atoms with E-state index in [1.165, 1.54) is 50.6 Å². The van der Waals surface area contributed by atoms with E-state index in [2.05, 4.69) is 23.5 Å². The quantitative estimate of drug-likeness (QED) is 0.772. The molecule has 0 aliphatic heterocycles. The van der Waals surface area contributed by atoms with E-state index in [9.17, 15) is 0 Å². The predicted octanol–water partition coefficient (Wildman–Crippen LogP) is 3.53. The Labute approximate surface area is 91.9 Å². The number of nitrogens with one attached hydrogen (secondary N) is 1. The maximum absolute atomic E-state index is 3.71. The summed E-state index contributed by atoms with van der Waals surface area (Å²) in [6, 6.07) is 7.55. The van der Waals surface area contributed by atoms with E-state index in [1.54, 1.807) is 11.1 Å². The number of aryl methyl sites for hydroxylation is 1. The van der Waals surface area contributed by atoms with E-state index in [1.807, 2.05) is 0 Å². The van der Waals surface area contributed by atoms with Gasteiger partial charge in [0, 0.05) is 11.7 Å². The fraction of sp³-hybridized carbons (Fsp3) is 0.571. The minimum Gasteiger partial charge on any atom is -0.382 e. The predicted molar refractivity (Wildman–Crippen MR) is 64.3 cm³/mol. The Kier molecular flexibility index (Phi) is 2.40. The fourth-order valence-electron chi connectivity index (χ4n) is 2.69. The van der Waals surface area contributed by atoms with Gasteiger partial charge in [0.05, 0.1) is 0 Å². The van der Waals surface area contributed by atoms with Gasteiger partial charge in [-0.2, -0.15) is 0 Å². The van der Waals surface area contributed by atoms with Gasteiger partial charge in [-0.3, -0.25) is 0 Å². The topological polar surface area (TPSA) is 12.0 Å². The van der Waals surface area contributed by atoms with E-state index in [4.69, 9.17) is 0 Å². The lowest BCUT2D eigenvalue weighted by Crippen LogP contribution is -2.27. The lowest BCUT2D eigenvalue weighted by Gasteiger charge is -2.30. The number of benzene rings is 1. The number of hydrogen-bond donors (Lipinski definition) is 1. The first-order valence-corrected chi connectivity index (χ1v) is 6.31. The lowest BCUT2D eigenvalue weighted by atomic mass is 9.88. The second-order valence-corrected chi connectivity index (χ2v) is 4.92. The van der Waals surface area contributed by atoms with Crippen molar-refractivity contribution in [3.8, 4) is 0 Å². The molecule has 0 unspecified atom stereocenters. The molecule has 0 saturated heterocycles. The molecule has 15 heavy (non-hydrogen) atoms. The van der Waals surface area contributed by atoms with Gasteiger partial charge < -0.3 is 5.32 Å². The van der Waals surface area contributed by atoms with Crippen molar-refractivity contribution in [1.29, 1.82) is 0 Å². The molecule has 80 valence electrons. The molecule has 2 aliphatic carbocycles. The summed E-state index contributed by atoms with van der Waals surface area (Å²) in [5.41, 5.74) is 4.62. The molecule has 1 aromatic carbocycles. The van der Waals surface area contributed by atoms with Gasteiger partial charge in [-0.05, 0) is 62.1 Å². The van der Waals surface area contributed by atoms with Crippen LogP contribution in [0, 0.1) is 0 Å². The SMILES string of the molecule is c1cc2c(c(NC3CCC3)c1)CCCC2. The molecular weight excluding hydrogens is 182 g/mol. The van der Waals surface area contributed by atoms with Crippen LogP contribution in [-0.4, -0.2) is 6.04 Å². The zero-order valence-corrected chi connectivity index (χ0v) is 9.26. The highest BCUT2D eigenvalue weighted by molar-refractivity contribution is 5.56. The molecule has 1 N–H and O–H groups in total. The molecule has 1 nitrogen and oxygen atoms in total. The summed E-state index contributed by atoms with van der Waals surface area (Å²) in [5, 5.41) is 3.71. The highest BCUT2D eigenvalue weighted by Gasteiger charge is 2.19.